The molecule has 2 aromatic rings. The third-order valence-corrected chi connectivity index (χ3v) is 4.92. The predicted molar refractivity (Wildman–Crippen MR) is 99.4 cm³/mol. The first-order valence-electron chi connectivity index (χ1n) is 8.98. The molecule has 7 heteroatoms. The van der Waals surface area contributed by atoms with Gasteiger partial charge in [-0.3, -0.25) is 4.79 Å². The van der Waals surface area contributed by atoms with Crippen LogP contribution in [0.15, 0.2) is 42.6 Å². The Morgan fingerprint density at radius 3 is 2.63 bits per heavy atom. The molecule has 2 aliphatic rings. The molecular weight excluding hydrogens is 344 g/mol. The summed E-state index contributed by atoms with van der Waals surface area (Å²) in [5, 5.41) is 11.7. The normalized spacial score (nSPS) is 18.3. The fourth-order valence-electron chi connectivity index (χ4n) is 3.44. The van der Waals surface area contributed by atoms with E-state index in [1.54, 1.807) is 36.5 Å². The SMILES string of the molecule is N#Cc1cccc(NC(=O)c2ccc(N3CCC4(CC3)OCCO4)nc2)c1. The molecule has 2 saturated heterocycles. The van der Waals surface area contributed by atoms with Crippen molar-refractivity contribution in [1.82, 2.24) is 4.98 Å². The van der Waals surface area contributed by atoms with Crippen LogP contribution in [0.5, 0.6) is 0 Å². The molecule has 0 bridgehead atoms. The van der Waals surface area contributed by atoms with Crippen LogP contribution in [0, 0.1) is 11.3 Å². The zero-order chi connectivity index (χ0) is 18.7. The van der Waals surface area contributed by atoms with Crippen LogP contribution in [-0.2, 0) is 9.47 Å². The number of carbonyl (C=O) groups excluding carboxylic acids is 1. The molecule has 4 rings (SSSR count). The quantitative estimate of drug-likeness (QED) is 0.901. The number of nitriles is 1. The van der Waals surface area contributed by atoms with E-state index in [-0.39, 0.29) is 5.91 Å². The minimum absolute atomic E-state index is 0.255. The van der Waals surface area contributed by atoms with Gasteiger partial charge in [-0.25, -0.2) is 4.98 Å². The van der Waals surface area contributed by atoms with Crippen molar-refractivity contribution in [3.8, 4) is 6.07 Å². The van der Waals surface area contributed by atoms with Gasteiger partial charge in [-0.2, -0.15) is 5.26 Å². The highest BCUT2D eigenvalue weighted by Gasteiger charge is 2.39. The summed E-state index contributed by atoms with van der Waals surface area (Å²) >= 11 is 0. The van der Waals surface area contributed by atoms with Gasteiger partial charge in [-0.05, 0) is 30.3 Å². The summed E-state index contributed by atoms with van der Waals surface area (Å²) in [4.78, 5) is 19.0. The van der Waals surface area contributed by atoms with Crippen LogP contribution in [0.2, 0.25) is 0 Å². The van der Waals surface area contributed by atoms with Gasteiger partial charge in [0.15, 0.2) is 5.79 Å². The molecule has 0 saturated carbocycles. The minimum atomic E-state index is -0.408. The van der Waals surface area contributed by atoms with Crippen molar-refractivity contribution in [1.29, 1.82) is 5.26 Å². The van der Waals surface area contributed by atoms with E-state index in [0.29, 0.717) is 30.0 Å². The number of rotatable bonds is 3. The van der Waals surface area contributed by atoms with E-state index < -0.39 is 5.79 Å². The number of benzene rings is 1. The van der Waals surface area contributed by atoms with Gasteiger partial charge >= 0.3 is 0 Å². The molecule has 0 aliphatic carbocycles. The van der Waals surface area contributed by atoms with Crippen molar-refractivity contribution in [3.05, 3.63) is 53.7 Å². The van der Waals surface area contributed by atoms with E-state index in [4.69, 9.17) is 14.7 Å². The Bertz CT molecular complexity index is 860. The lowest BCUT2D eigenvalue weighted by molar-refractivity contribution is -0.169. The molecule has 2 fully saturated rings. The van der Waals surface area contributed by atoms with Gasteiger partial charge in [-0.15, -0.1) is 0 Å². The first-order chi connectivity index (χ1) is 13.2. The van der Waals surface area contributed by atoms with Crippen LogP contribution in [0.3, 0.4) is 0 Å². The Kier molecular flexibility index (Phi) is 4.75. The second-order valence-corrected chi connectivity index (χ2v) is 6.65. The molecule has 1 amide bonds. The Balaban J connectivity index is 1.38. The molecule has 1 spiro atoms. The second kappa shape index (κ2) is 7.35. The summed E-state index contributed by atoms with van der Waals surface area (Å²) in [6.45, 7) is 2.94. The summed E-state index contributed by atoms with van der Waals surface area (Å²) in [5.41, 5.74) is 1.55. The number of carbonyl (C=O) groups is 1. The first-order valence-corrected chi connectivity index (χ1v) is 8.98. The number of piperidine rings is 1. The van der Waals surface area contributed by atoms with Gasteiger partial charge in [0, 0.05) is 37.8 Å². The lowest BCUT2D eigenvalue weighted by Gasteiger charge is -2.38. The summed E-state index contributed by atoms with van der Waals surface area (Å²) < 4.78 is 11.5. The van der Waals surface area contributed by atoms with E-state index in [1.807, 2.05) is 6.07 Å². The fourth-order valence-corrected chi connectivity index (χ4v) is 3.44. The van der Waals surface area contributed by atoms with Crippen molar-refractivity contribution in [2.45, 2.75) is 18.6 Å². The zero-order valence-corrected chi connectivity index (χ0v) is 14.9. The number of amides is 1. The van der Waals surface area contributed by atoms with Gasteiger partial charge < -0.3 is 19.7 Å². The van der Waals surface area contributed by atoms with E-state index in [9.17, 15) is 4.79 Å². The van der Waals surface area contributed by atoms with Gasteiger partial charge in [0.05, 0.1) is 30.4 Å². The summed E-state index contributed by atoms with van der Waals surface area (Å²) in [6.07, 6.45) is 3.20. The molecule has 3 heterocycles. The number of anilines is 2. The number of nitrogens with zero attached hydrogens (tertiary/aromatic N) is 3. The van der Waals surface area contributed by atoms with Crippen molar-refractivity contribution >= 4 is 17.4 Å². The number of pyridine rings is 1. The molecular formula is C20H20N4O3. The number of aromatic nitrogens is 1. The van der Waals surface area contributed by atoms with Crippen LogP contribution in [0.25, 0.3) is 0 Å². The Morgan fingerprint density at radius 2 is 1.96 bits per heavy atom. The topological polar surface area (TPSA) is 87.5 Å². The summed E-state index contributed by atoms with van der Waals surface area (Å²) in [5.74, 6) is 0.175. The molecule has 7 nitrogen and oxygen atoms in total. The van der Waals surface area contributed by atoms with Crippen LogP contribution in [-0.4, -0.2) is 43.0 Å². The minimum Gasteiger partial charge on any atom is -0.356 e. The van der Waals surface area contributed by atoms with Crippen molar-refractivity contribution < 1.29 is 14.3 Å². The summed E-state index contributed by atoms with van der Waals surface area (Å²) in [6, 6.07) is 12.5. The van der Waals surface area contributed by atoms with Crippen molar-refractivity contribution in [2.24, 2.45) is 0 Å². The van der Waals surface area contributed by atoms with Crippen molar-refractivity contribution in [3.63, 3.8) is 0 Å². The highest BCUT2D eigenvalue weighted by molar-refractivity contribution is 6.04. The Hall–Kier alpha value is -2.95. The van der Waals surface area contributed by atoms with E-state index in [0.717, 1.165) is 31.7 Å². The number of hydrogen-bond donors (Lipinski definition) is 1. The molecule has 138 valence electrons. The molecule has 1 N–H and O–H groups in total. The zero-order valence-electron chi connectivity index (χ0n) is 14.9. The lowest BCUT2D eigenvalue weighted by atomic mass is 10.0. The third-order valence-electron chi connectivity index (χ3n) is 4.92. The second-order valence-electron chi connectivity index (χ2n) is 6.65. The Morgan fingerprint density at radius 1 is 1.19 bits per heavy atom. The van der Waals surface area contributed by atoms with Crippen LogP contribution in [0.4, 0.5) is 11.5 Å². The smallest absolute Gasteiger partial charge is 0.257 e. The average Bonchev–Trinajstić information content (AvgIpc) is 3.17. The first kappa shape index (κ1) is 17.5. The fraction of sp³-hybridized carbons (Fsp3) is 0.350. The summed E-state index contributed by atoms with van der Waals surface area (Å²) in [7, 11) is 0. The average molecular weight is 364 g/mol. The van der Waals surface area contributed by atoms with Crippen LogP contribution < -0.4 is 10.2 Å². The molecule has 1 aromatic carbocycles. The maximum atomic E-state index is 12.4. The lowest BCUT2D eigenvalue weighted by Crippen LogP contribution is -2.45. The van der Waals surface area contributed by atoms with Gasteiger partial charge in [0.1, 0.15) is 5.82 Å². The van der Waals surface area contributed by atoms with E-state index in [2.05, 4.69) is 21.3 Å². The third kappa shape index (κ3) is 3.77. The molecule has 0 unspecified atom stereocenters. The molecule has 27 heavy (non-hydrogen) atoms. The monoisotopic (exact) mass is 364 g/mol. The van der Waals surface area contributed by atoms with E-state index in [1.165, 1.54) is 0 Å². The van der Waals surface area contributed by atoms with Crippen molar-refractivity contribution in [2.75, 3.05) is 36.5 Å². The molecule has 2 aliphatic heterocycles. The number of nitrogens with one attached hydrogen (secondary N) is 1. The molecule has 0 atom stereocenters. The van der Waals surface area contributed by atoms with Crippen LogP contribution in [0.1, 0.15) is 28.8 Å². The standard InChI is InChI=1S/C20H20N4O3/c21-13-15-2-1-3-17(12-15)23-19(25)16-4-5-18(22-14-16)24-8-6-20(7-9-24)26-10-11-27-20/h1-5,12,14H,6-11H2,(H,23,25). The highest BCUT2D eigenvalue weighted by Crippen LogP contribution is 2.32. The largest absolute Gasteiger partial charge is 0.356 e. The van der Waals surface area contributed by atoms with Crippen LogP contribution >= 0.6 is 0 Å². The Labute approximate surface area is 157 Å². The van der Waals surface area contributed by atoms with Gasteiger partial charge in [0.2, 0.25) is 0 Å². The predicted octanol–water partition coefficient (Wildman–Crippen LogP) is 2.55. The number of hydrogen-bond acceptors (Lipinski definition) is 6. The molecule has 1 aromatic heterocycles. The molecule has 0 radical (unpaired) electrons. The van der Waals surface area contributed by atoms with E-state index >= 15 is 0 Å². The number of ether oxygens (including phenoxy) is 2. The maximum absolute atomic E-state index is 12.4. The van der Waals surface area contributed by atoms with Gasteiger partial charge in [0.25, 0.3) is 5.91 Å². The maximum Gasteiger partial charge on any atom is 0.257 e. The highest BCUT2D eigenvalue weighted by atomic mass is 16.7. The van der Waals surface area contributed by atoms with Gasteiger partial charge in [-0.1, -0.05) is 6.07 Å².